The highest BCUT2D eigenvalue weighted by atomic mass is 16.5. The largest absolute Gasteiger partial charge is 0.491 e. The van der Waals surface area contributed by atoms with E-state index in [9.17, 15) is 4.79 Å². The van der Waals surface area contributed by atoms with Crippen LogP contribution in [-0.2, 0) is 4.79 Å². The van der Waals surface area contributed by atoms with E-state index in [0.29, 0.717) is 24.7 Å². The Kier molecular flexibility index (Phi) is 3.90. The van der Waals surface area contributed by atoms with Crippen molar-refractivity contribution < 1.29 is 9.53 Å². The van der Waals surface area contributed by atoms with Gasteiger partial charge < -0.3 is 9.64 Å². The molecule has 2 rings (SSSR count). The maximum atomic E-state index is 11.4. The Labute approximate surface area is 109 Å². The predicted octanol–water partition coefficient (Wildman–Crippen LogP) is 3.03. The second-order valence-corrected chi connectivity index (χ2v) is 5.20. The molecule has 1 aliphatic rings. The fourth-order valence-electron chi connectivity index (χ4n) is 2.38. The van der Waals surface area contributed by atoms with Crippen LogP contribution in [0.4, 0.5) is 5.69 Å². The Hall–Kier alpha value is -1.51. The summed E-state index contributed by atoms with van der Waals surface area (Å²) < 4.78 is 5.63. The highest BCUT2D eigenvalue weighted by Gasteiger charge is 2.23. The van der Waals surface area contributed by atoms with Crippen LogP contribution in [0.1, 0.15) is 33.6 Å². The molecule has 0 bridgehead atoms. The monoisotopic (exact) mass is 247 g/mol. The van der Waals surface area contributed by atoms with Gasteiger partial charge in [0.2, 0.25) is 0 Å². The summed E-state index contributed by atoms with van der Waals surface area (Å²) in [5.74, 6) is 1.27. The molecule has 3 heteroatoms. The third-order valence-corrected chi connectivity index (χ3v) is 3.23. The van der Waals surface area contributed by atoms with Gasteiger partial charge in [-0.25, -0.2) is 0 Å². The summed E-state index contributed by atoms with van der Waals surface area (Å²) >= 11 is 0. The molecule has 1 aliphatic heterocycles. The Balaban J connectivity index is 2.07. The number of ketones is 1. The lowest BCUT2D eigenvalue weighted by Crippen LogP contribution is -2.41. The molecule has 1 aromatic carbocycles. The van der Waals surface area contributed by atoms with Gasteiger partial charge in [-0.3, -0.25) is 4.79 Å². The SMILES string of the molecule is CC(C)Oc1ccc(N2CCC(=O)CC2C)cc1. The van der Waals surface area contributed by atoms with Gasteiger partial charge in [0, 0.05) is 31.1 Å². The van der Waals surface area contributed by atoms with Gasteiger partial charge in [-0.1, -0.05) is 0 Å². The summed E-state index contributed by atoms with van der Waals surface area (Å²) in [5.41, 5.74) is 1.17. The number of hydrogen-bond donors (Lipinski definition) is 0. The van der Waals surface area contributed by atoms with Crippen LogP contribution in [0.2, 0.25) is 0 Å². The zero-order chi connectivity index (χ0) is 13.1. The van der Waals surface area contributed by atoms with Crippen molar-refractivity contribution in [2.45, 2.75) is 45.8 Å². The van der Waals surface area contributed by atoms with Crippen molar-refractivity contribution in [1.82, 2.24) is 0 Å². The zero-order valence-corrected chi connectivity index (χ0v) is 11.3. The molecule has 98 valence electrons. The number of Topliss-reactive ketones (excluding diaryl/α,β-unsaturated/α-hetero) is 1. The van der Waals surface area contributed by atoms with Crippen LogP contribution in [0.3, 0.4) is 0 Å². The fourth-order valence-corrected chi connectivity index (χ4v) is 2.38. The molecule has 0 saturated carbocycles. The molecular formula is C15H21NO2. The molecule has 0 spiro atoms. The molecule has 0 aromatic heterocycles. The average molecular weight is 247 g/mol. The van der Waals surface area contributed by atoms with Crippen LogP contribution in [0.15, 0.2) is 24.3 Å². The number of carbonyl (C=O) groups is 1. The van der Waals surface area contributed by atoms with Gasteiger partial charge in [0.15, 0.2) is 0 Å². The van der Waals surface area contributed by atoms with Crippen molar-refractivity contribution in [1.29, 1.82) is 0 Å². The summed E-state index contributed by atoms with van der Waals surface area (Å²) in [4.78, 5) is 13.7. The topological polar surface area (TPSA) is 29.5 Å². The zero-order valence-electron chi connectivity index (χ0n) is 11.3. The van der Waals surface area contributed by atoms with E-state index in [4.69, 9.17) is 4.74 Å². The predicted molar refractivity (Wildman–Crippen MR) is 73.3 cm³/mol. The molecule has 18 heavy (non-hydrogen) atoms. The summed E-state index contributed by atoms with van der Waals surface area (Å²) in [6.07, 6.45) is 1.51. The number of anilines is 1. The molecule has 3 nitrogen and oxygen atoms in total. The van der Waals surface area contributed by atoms with E-state index in [1.807, 2.05) is 26.0 Å². The number of piperidine rings is 1. The number of benzene rings is 1. The van der Waals surface area contributed by atoms with Gasteiger partial charge in [-0.2, -0.15) is 0 Å². The number of nitrogens with zero attached hydrogens (tertiary/aromatic N) is 1. The van der Waals surface area contributed by atoms with E-state index >= 15 is 0 Å². The van der Waals surface area contributed by atoms with Crippen LogP contribution in [0, 0.1) is 0 Å². The van der Waals surface area contributed by atoms with Gasteiger partial charge >= 0.3 is 0 Å². The van der Waals surface area contributed by atoms with Crippen LogP contribution in [0.5, 0.6) is 5.75 Å². The Morgan fingerprint density at radius 1 is 1.28 bits per heavy atom. The smallest absolute Gasteiger partial charge is 0.136 e. The van der Waals surface area contributed by atoms with Gasteiger partial charge in [0.25, 0.3) is 0 Å². The van der Waals surface area contributed by atoms with Crippen LogP contribution in [-0.4, -0.2) is 24.5 Å². The van der Waals surface area contributed by atoms with Crippen molar-refractivity contribution in [2.24, 2.45) is 0 Å². The number of carbonyl (C=O) groups excluding carboxylic acids is 1. The number of hydrogen-bond acceptors (Lipinski definition) is 3. The Morgan fingerprint density at radius 2 is 1.94 bits per heavy atom. The lowest BCUT2D eigenvalue weighted by Gasteiger charge is -2.34. The van der Waals surface area contributed by atoms with E-state index < -0.39 is 0 Å². The van der Waals surface area contributed by atoms with E-state index in [-0.39, 0.29) is 6.10 Å². The highest BCUT2D eigenvalue weighted by Crippen LogP contribution is 2.25. The molecule has 1 heterocycles. The van der Waals surface area contributed by atoms with E-state index in [1.54, 1.807) is 0 Å². The standard InChI is InChI=1S/C15H21NO2/c1-11(2)18-15-6-4-13(5-7-15)16-9-8-14(17)10-12(16)3/h4-7,11-12H,8-10H2,1-3H3. The first-order valence-electron chi connectivity index (χ1n) is 6.61. The van der Waals surface area contributed by atoms with E-state index in [2.05, 4.69) is 24.0 Å². The molecular weight excluding hydrogens is 226 g/mol. The van der Waals surface area contributed by atoms with Crippen LogP contribution in [0.25, 0.3) is 0 Å². The minimum absolute atomic E-state index is 0.197. The third kappa shape index (κ3) is 3.03. The van der Waals surface area contributed by atoms with Crippen molar-refractivity contribution in [2.75, 3.05) is 11.4 Å². The Bertz CT molecular complexity index is 411. The number of rotatable bonds is 3. The lowest BCUT2D eigenvalue weighted by atomic mass is 10.0. The van der Waals surface area contributed by atoms with E-state index in [0.717, 1.165) is 12.3 Å². The summed E-state index contributed by atoms with van der Waals surface area (Å²) in [5, 5.41) is 0. The molecule has 0 N–H and O–H groups in total. The summed E-state index contributed by atoms with van der Waals surface area (Å²) in [6, 6.07) is 8.44. The first-order chi connectivity index (χ1) is 8.56. The maximum Gasteiger partial charge on any atom is 0.136 e. The van der Waals surface area contributed by atoms with Crippen LogP contribution < -0.4 is 9.64 Å². The third-order valence-electron chi connectivity index (χ3n) is 3.23. The molecule has 1 aromatic rings. The average Bonchev–Trinajstić information content (AvgIpc) is 2.30. The molecule has 1 unspecified atom stereocenters. The quantitative estimate of drug-likeness (QED) is 0.822. The second kappa shape index (κ2) is 5.42. The van der Waals surface area contributed by atoms with Gasteiger partial charge in [0.05, 0.1) is 6.10 Å². The fraction of sp³-hybridized carbons (Fsp3) is 0.533. The summed E-state index contributed by atoms with van der Waals surface area (Å²) in [6.45, 7) is 6.97. The molecule has 1 saturated heterocycles. The molecule has 0 aliphatic carbocycles. The van der Waals surface area contributed by atoms with Gasteiger partial charge in [-0.15, -0.1) is 0 Å². The second-order valence-electron chi connectivity index (χ2n) is 5.20. The van der Waals surface area contributed by atoms with E-state index in [1.165, 1.54) is 5.69 Å². The van der Waals surface area contributed by atoms with Crippen molar-refractivity contribution in [3.8, 4) is 5.75 Å². The molecule has 1 fully saturated rings. The van der Waals surface area contributed by atoms with Gasteiger partial charge in [-0.05, 0) is 45.0 Å². The first-order valence-corrected chi connectivity index (χ1v) is 6.61. The lowest BCUT2D eigenvalue weighted by molar-refractivity contribution is -0.120. The molecule has 0 radical (unpaired) electrons. The van der Waals surface area contributed by atoms with Gasteiger partial charge in [0.1, 0.15) is 11.5 Å². The normalized spacial score (nSPS) is 20.3. The first kappa shape index (κ1) is 12.9. The summed E-state index contributed by atoms with van der Waals surface area (Å²) in [7, 11) is 0. The highest BCUT2D eigenvalue weighted by molar-refractivity contribution is 5.81. The van der Waals surface area contributed by atoms with Crippen molar-refractivity contribution in [3.05, 3.63) is 24.3 Å². The van der Waals surface area contributed by atoms with Crippen LogP contribution >= 0.6 is 0 Å². The number of ether oxygens (including phenoxy) is 1. The molecule has 0 amide bonds. The van der Waals surface area contributed by atoms with Crippen molar-refractivity contribution >= 4 is 11.5 Å². The minimum atomic E-state index is 0.197. The maximum absolute atomic E-state index is 11.4. The minimum Gasteiger partial charge on any atom is -0.491 e. The molecule has 1 atom stereocenters. The van der Waals surface area contributed by atoms with Crippen molar-refractivity contribution in [3.63, 3.8) is 0 Å². The Morgan fingerprint density at radius 3 is 2.50 bits per heavy atom.